The van der Waals surface area contributed by atoms with E-state index in [1.807, 2.05) is 0 Å². The van der Waals surface area contributed by atoms with Crippen molar-refractivity contribution in [3.05, 3.63) is 74.9 Å². The lowest BCUT2D eigenvalue weighted by atomic mass is 9.78. The van der Waals surface area contributed by atoms with Crippen LogP contribution in [-0.4, -0.2) is 0 Å². The van der Waals surface area contributed by atoms with E-state index in [9.17, 15) is 0 Å². The lowest BCUT2D eigenvalue weighted by Gasteiger charge is -2.26. The molecule has 0 saturated carbocycles. The number of halogens is 1. The number of hydrogen-bond acceptors (Lipinski definition) is 0. The van der Waals surface area contributed by atoms with Gasteiger partial charge in [0.2, 0.25) is 0 Å². The molecule has 4 rings (SSSR count). The van der Waals surface area contributed by atoms with Crippen LogP contribution in [0.25, 0.3) is 16.7 Å². The molecule has 0 saturated heterocycles. The molecular formula is C21H19I. The molecule has 0 aromatic heterocycles. The molecule has 0 radical (unpaired) electrons. The van der Waals surface area contributed by atoms with Gasteiger partial charge in [0.1, 0.15) is 0 Å². The maximum absolute atomic E-state index is 2.41. The van der Waals surface area contributed by atoms with Gasteiger partial charge in [0, 0.05) is 8.99 Å². The highest BCUT2D eigenvalue weighted by Crippen LogP contribution is 2.50. The van der Waals surface area contributed by atoms with Gasteiger partial charge in [-0.2, -0.15) is 0 Å². The average molecular weight is 398 g/mol. The molecule has 2 aromatic carbocycles. The Balaban J connectivity index is 1.85. The quantitative estimate of drug-likeness (QED) is 0.491. The van der Waals surface area contributed by atoms with Crippen molar-refractivity contribution in [1.29, 1.82) is 0 Å². The van der Waals surface area contributed by atoms with Crippen LogP contribution < -0.4 is 0 Å². The molecule has 2 aromatic rings. The number of benzene rings is 2. The second kappa shape index (κ2) is 5.09. The fourth-order valence-corrected chi connectivity index (χ4v) is 4.21. The Labute approximate surface area is 146 Å². The molecule has 2 aliphatic carbocycles. The summed E-state index contributed by atoms with van der Waals surface area (Å²) in [5.41, 5.74) is 8.80. The molecular weight excluding hydrogens is 379 g/mol. The highest BCUT2D eigenvalue weighted by atomic mass is 127. The summed E-state index contributed by atoms with van der Waals surface area (Å²) in [5, 5.41) is 0. The van der Waals surface area contributed by atoms with Crippen molar-refractivity contribution in [2.24, 2.45) is 0 Å². The van der Waals surface area contributed by atoms with Crippen molar-refractivity contribution in [2.45, 2.75) is 32.1 Å². The van der Waals surface area contributed by atoms with E-state index in [4.69, 9.17) is 0 Å². The molecule has 0 atom stereocenters. The molecule has 0 unspecified atom stereocenters. The Morgan fingerprint density at radius 3 is 2.45 bits per heavy atom. The van der Waals surface area contributed by atoms with Gasteiger partial charge in [0.25, 0.3) is 0 Å². The summed E-state index contributed by atoms with van der Waals surface area (Å²) in [4.78, 5) is 0. The average Bonchev–Trinajstić information content (AvgIpc) is 2.77. The zero-order valence-corrected chi connectivity index (χ0v) is 15.1. The lowest BCUT2D eigenvalue weighted by molar-refractivity contribution is 0.607. The van der Waals surface area contributed by atoms with E-state index in [0.717, 1.165) is 0 Å². The van der Waals surface area contributed by atoms with E-state index in [1.165, 1.54) is 44.2 Å². The molecule has 22 heavy (non-hydrogen) atoms. The van der Waals surface area contributed by atoms with Crippen molar-refractivity contribution in [1.82, 2.24) is 0 Å². The molecule has 0 N–H and O–H groups in total. The van der Waals surface area contributed by atoms with Crippen molar-refractivity contribution in [2.75, 3.05) is 0 Å². The molecule has 1 heteroatoms. The standard InChI is InChI=1S/C21H19I/c1-21(2)19-6-4-3-5-17(19)18-12-9-15(13-20(18)21)14-7-10-16(22)11-8-14/h3,5,7-13H,4,6H2,1-2H3. The Kier molecular flexibility index (Phi) is 3.30. The second-order valence-corrected chi connectivity index (χ2v) is 7.97. The SMILES string of the molecule is CC1(C)C2=C(C=CCC2)c2ccc(-c3ccc(I)cc3)cc21. The third kappa shape index (κ3) is 2.10. The summed E-state index contributed by atoms with van der Waals surface area (Å²) >= 11 is 2.36. The first kappa shape index (κ1) is 14.3. The van der Waals surface area contributed by atoms with Gasteiger partial charge in [-0.25, -0.2) is 0 Å². The number of rotatable bonds is 1. The molecule has 0 fully saturated rings. The first-order valence-corrected chi connectivity index (χ1v) is 8.96. The second-order valence-electron chi connectivity index (χ2n) is 6.73. The van der Waals surface area contributed by atoms with Crippen LogP contribution in [0.2, 0.25) is 0 Å². The van der Waals surface area contributed by atoms with Gasteiger partial charge in [-0.05, 0) is 81.5 Å². The predicted molar refractivity (Wildman–Crippen MR) is 103 cm³/mol. The maximum Gasteiger partial charge on any atom is 0.0130 e. The lowest BCUT2D eigenvalue weighted by Crippen LogP contribution is -2.17. The Hall–Kier alpha value is -1.35. The topological polar surface area (TPSA) is 0 Å². The minimum atomic E-state index is 0.161. The van der Waals surface area contributed by atoms with Crippen molar-refractivity contribution >= 4 is 28.2 Å². The zero-order chi connectivity index (χ0) is 15.3. The third-order valence-electron chi connectivity index (χ3n) is 5.09. The minimum absolute atomic E-state index is 0.161. The number of hydrogen-bond donors (Lipinski definition) is 0. The fraction of sp³-hybridized carbons (Fsp3) is 0.238. The van der Waals surface area contributed by atoms with Crippen LogP contribution in [-0.2, 0) is 5.41 Å². The van der Waals surface area contributed by atoms with Crippen LogP contribution in [0.4, 0.5) is 0 Å². The Morgan fingerprint density at radius 2 is 1.68 bits per heavy atom. The monoisotopic (exact) mass is 398 g/mol. The molecule has 0 amide bonds. The molecule has 2 aliphatic rings. The maximum atomic E-state index is 2.41. The van der Waals surface area contributed by atoms with E-state index in [-0.39, 0.29) is 5.41 Å². The van der Waals surface area contributed by atoms with Gasteiger partial charge in [-0.15, -0.1) is 0 Å². The van der Waals surface area contributed by atoms with Gasteiger partial charge in [0.05, 0.1) is 0 Å². The highest BCUT2D eigenvalue weighted by molar-refractivity contribution is 14.1. The summed E-state index contributed by atoms with van der Waals surface area (Å²) in [6.07, 6.45) is 7.03. The van der Waals surface area contributed by atoms with Crippen molar-refractivity contribution in [3.63, 3.8) is 0 Å². The predicted octanol–water partition coefficient (Wildman–Crippen LogP) is 6.35. The van der Waals surface area contributed by atoms with Gasteiger partial charge in [-0.3, -0.25) is 0 Å². The first-order valence-electron chi connectivity index (χ1n) is 7.88. The fourth-order valence-electron chi connectivity index (χ4n) is 3.85. The summed E-state index contributed by atoms with van der Waals surface area (Å²) < 4.78 is 1.28. The molecule has 0 spiro atoms. The van der Waals surface area contributed by atoms with E-state index in [2.05, 4.69) is 91.1 Å². The minimum Gasteiger partial charge on any atom is -0.0836 e. The molecule has 0 aliphatic heterocycles. The first-order chi connectivity index (χ1) is 10.6. The van der Waals surface area contributed by atoms with E-state index in [1.54, 1.807) is 5.57 Å². The third-order valence-corrected chi connectivity index (χ3v) is 5.80. The van der Waals surface area contributed by atoms with E-state index < -0.39 is 0 Å². The Bertz CT molecular complexity index is 804. The van der Waals surface area contributed by atoms with Gasteiger partial charge in [-0.1, -0.05) is 55.8 Å². The summed E-state index contributed by atoms with van der Waals surface area (Å²) in [5.74, 6) is 0. The van der Waals surface area contributed by atoms with Crippen molar-refractivity contribution in [3.8, 4) is 11.1 Å². The van der Waals surface area contributed by atoms with Crippen LogP contribution in [0.5, 0.6) is 0 Å². The van der Waals surface area contributed by atoms with Crippen molar-refractivity contribution < 1.29 is 0 Å². The molecule has 0 nitrogen and oxygen atoms in total. The van der Waals surface area contributed by atoms with Crippen LogP contribution in [0.1, 0.15) is 37.8 Å². The smallest absolute Gasteiger partial charge is 0.0130 e. The van der Waals surface area contributed by atoms with Crippen LogP contribution in [0.15, 0.2) is 60.2 Å². The normalized spacial score (nSPS) is 18.3. The van der Waals surface area contributed by atoms with Gasteiger partial charge in [0.15, 0.2) is 0 Å². The summed E-state index contributed by atoms with van der Waals surface area (Å²) in [6.45, 7) is 4.76. The van der Waals surface area contributed by atoms with Crippen LogP contribution >= 0.6 is 22.6 Å². The highest BCUT2D eigenvalue weighted by Gasteiger charge is 2.37. The zero-order valence-electron chi connectivity index (χ0n) is 13.0. The molecule has 0 heterocycles. The summed E-state index contributed by atoms with van der Waals surface area (Å²) in [6, 6.07) is 15.8. The Morgan fingerprint density at radius 1 is 0.955 bits per heavy atom. The number of fused-ring (bicyclic) bond motifs is 2. The van der Waals surface area contributed by atoms with E-state index >= 15 is 0 Å². The van der Waals surface area contributed by atoms with E-state index in [0.29, 0.717) is 0 Å². The van der Waals surface area contributed by atoms with Crippen LogP contribution in [0, 0.1) is 3.57 Å². The number of allylic oxidation sites excluding steroid dienone is 4. The molecule has 110 valence electrons. The largest absolute Gasteiger partial charge is 0.0836 e. The van der Waals surface area contributed by atoms with Gasteiger partial charge >= 0.3 is 0 Å². The van der Waals surface area contributed by atoms with Crippen LogP contribution in [0.3, 0.4) is 0 Å². The molecule has 0 bridgehead atoms. The summed E-state index contributed by atoms with van der Waals surface area (Å²) in [7, 11) is 0. The van der Waals surface area contributed by atoms with Gasteiger partial charge < -0.3 is 0 Å².